The molecule has 2 N–H and O–H groups in total. The van der Waals surface area contributed by atoms with Crippen LogP contribution in [0.3, 0.4) is 0 Å². The Labute approximate surface area is 155 Å². The highest BCUT2D eigenvalue weighted by Gasteiger charge is 2.16. The molecule has 0 amide bonds. The quantitative estimate of drug-likeness (QED) is 0.719. The zero-order valence-electron chi connectivity index (χ0n) is 14.8. The van der Waals surface area contributed by atoms with Gasteiger partial charge in [-0.2, -0.15) is 4.98 Å². The molecule has 1 aromatic carbocycles. The third kappa shape index (κ3) is 6.07. The van der Waals surface area contributed by atoms with Crippen molar-refractivity contribution in [1.82, 2.24) is 20.2 Å². The van der Waals surface area contributed by atoms with Crippen LogP contribution in [0.5, 0.6) is 0 Å². The summed E-state index contributed by atoms with van der Waals surface area (Å²) in [6.45, 7) is 6.34. The molecule has 0 radical (unpaired) electrons. The van der Waals surface area contributed by atoms with E-state index in [0.717, 1.165) is 0 Å². The summed E-state index contributed by atoms with van der Waals surface area (Å²) in [5.74, 6) is 1.24. The minimum absolute atomic E-state index is 0. The third-order valence-corrected chi connectivity index (χ3v) is 4.98. The molecular weight excluding hydrogens is 364 g/mol. The van der Waals surface area contributed by atoms with E-state index in [0.29, 0.717) is 30.2 Å². The minimum Gasteiger partial charge on any atom is -0.334 e. The summed E-state index contributed by atoms with van der Waals surface area (Å²) < 4.78 is 32.2. The Bertz CT molecular complexity index is 760. The molecule has 0 fully saturated rings. The minimum atomic E-state index is -3.49. The van der Waals surface area contributed by atoms with Crippen molar-refractivity contribution < 1.29 is 12.9 Å². The molecule has 0 aliphatic rings. The Morgan fingerprint density at radius 3 is 2.36 bits per heavy atom. The van der Waals surface area contributed by atoms with Crippen LogP contribution in [0.25, 0.3) is 11.5 Å². The van der Waals surface area contributed by atoms with Gasteiger partial charge in [0.15, 0.2) is 5.82 Å². The summed E-state index contributed by atoms with van der Waals surface area (Å²) in [5.41, 5.74) is 0.689. The van der Waals surface area contributed by atoms with Gasteiger partial charge in [0.05, 0.1) is 4.90 Å². The molecule has 2 rings (SSSR count). The first kappa shape index (κ1) is 21.6. The standard InChI is InChI=1S/C16H24N4O3S.ClH/c1-11(2)10-18-24(21,22)14-7-5-13(6-8-14)16-19-15(20-23-16)9-12(3)17-4;/h5-8,11-12,17-18H,9-10H2,1-4H3;1H. The molecule has 0 saturated carbocycles. The van der Waals surface area contributed by atoms with Crippen LogP contribution in [0.2, 0.25) is 0 Å². The van der Waals surface area contributed by atoms with Gasteiger partial charge in [0.1, 0.15) is 0 Å². The van der Waals surface area contributed by atoms with Crippen molar-refractivity contribution in [1.29, 1.82) is 0 Å². The Morgan fingerprint density at radius 2 is 1.80 bits per heavy atom. The molecule has 25 heavy (non-hydrogen) atoms. The maximum absolute atomic E-state index is 12.2. The van der Waals surface area contributed by atoms with Crippen LogP contribution in [-0.2, 0) is 16.4 Å². The van der Waals surface area contributed by atoms with E-state index < -0.39 is 10.0 Å². The van der Waals surface area contributed by atoms with Gasteiger partial charge in [-0.3, -0.25) is 0 Å². The molecule has 1 unspecified atom stereocenters. The second-order valence-corrected chi connectivity index (χ2v) is 7.95. The van der Waals surface area contributed by atoms with E-state index in [1.807, 2.05) is 27.8 Å². The first-order valence-corrected chi connectivity index (χ1v) is 9.40. The van der Waals surface area contributed by atoms with Crippen molar-refractivity contribution in [3.05, 3.63) is 30.1 Å². The van der Waals surface area contributed by atoms with Gasteiger partial charge in [-0.1, -0.05) is 19.0 Å². The van der Waals surface area contributed by atoms with Crippen molar-refractivity contribution in [3.8, 4) is 11.5 Å². The second-order valence-electron chi connectivity index (χ2n) is 6.18. The molecule has 2 aromatic rings. The lowest BCUT2D eigenvalue weighted by atomic mass is 10.2. The highest BCUT2D eigenvalue weighted by atomic mass is 35.5. The van der Waals surface area contributed by atoms with Crippen LogP contribution in [0.15, 0.2) is 33.7 Å². The van der Waals surface area contributed by atoms with Gasteiger partial charge in [0, 0.05) is 24.6 Å². The van der Waals surface area contributed by atoms with Crippen molar-refractivity contribution in [2.45, 2.75) is 38.1 Å². The highest BCUT2D eigenvalue weighted by Crippen LogP contribution is 2.20. The lowest BCUT2D eigenvalue weighted by Gasteiger charge is -2.08. The van der Waals surface area contributed by atoms with Gasteiger partial charge in [0.2, 0.25) is 10.0 Å². The number of sulfonamides is 1. The second kappa shape index (κ2) is 9.28. The van der Waals surface area contributed by atoms with Gasteiger partial charge in [0.25, 0.3) is 5.89 Å². The van der Waals surface area contributed by atoms with Crippen LogP contribution in [-0.4, -0.2) is 38.2 Å². The summed E-state index contributed by atoms with van der Waals surface area (Å²) in [6.07, 6.45) is 0.658. The summed E-state index contributed by atoms with van der Waals surface area (Å²) in [7, 11) is -1.62. The fourth-order valence-corrected chi connectivity index (χ4v) is 3.18. The van der Waals surface area contributed by atoms with Gasteiger partial charge < -0.3 is 9.84 Å². The molecule has 0 spiro atoms. The largest absolute Gasteiger partial charge is 0.334 e. The predicted molar refractivity (Wildman–Crippen MR) is 99.2 cm³/mol. The first-order chi connectivity index (χ1) is 11.3. The smallest absolute Gasteiger partial charge is 0.257 e. The van der Waals surface area contributed by atoms with E-state index in [1.165, 1.54) is 12.1 Å². The zero-order chi connectivity index (χ0) is 17.7. The topological polar surface area (TPSA) is 97.1 Å². The fourth-order valence-electron chi connectivity index (χ4n) is 1.97. The Balaban J connectivity index is 0.00000312. The van der Waals surface area contributed by atoms with Crippen LogP contribution in [0.4, 0.5) is 0 Å². The maximum atomic E-state index is 12.2. The lowest BCUT2D eigenvalue weighted by molar-refractivity contribution is 0.418. The number of halogens is 1. The summed E-state index contributed by atoms with van der Waals surface area (Å²) in [4.78, 5) is 4.55. The molecule has 0 saturated heterocycles. The molecule has 0 bridgehead atoms. The number of hydrogen-bond acceptors (Lipinski definition) is 6. The Morgan fingerprint density at radius 1 is 1.16 bits per heavy atom. The average molecular weight is 389 g/mol. The van der Waals surface area contributed by atoms with Gasteiger partial charge >= 0.3 is 0 Å². The maximum Gasteiger partial charge on any atom is 0.257 e. The van der Waals surface area contributed by atoms with Crippen molar-refractivity contribution in [2.24, 2.45) is 5.92 Å². The Hall–Kier alpha value is -1.48. The molecule has 9 heteroatoms. The van der Waals surface area contributed by atoms with Crippen LogP contribution < -0.4 is 10.0 Å². The van der Waals surface area contributed by atoms with E-state index in [2.05, 4.69) is 20.2 Å². The van der Waals surface area contributed by atoms with Crippen LogP contribution >= 0.6 is 12.4 Å². The molecule has 7 nitrogen and oxygen atoms in total. The molecule has 1 atom stereocenters. The summed E-state index contributed by atoms with van der Waals surface area (Å²) in [5, 5.41) is 7.05. The van der Waals surface area contributed by atoms with Crippen molar-refractivity contribution in [2.75, 3.05) is 13.6 Å². The highest BCUT2D eigenvalue weighted by molar-refractivity contribution is 7.89. The fraction of sp³-hybridized carbons (Fsp3) is 0.500. The number of aromatic nitrogens is 2. The summed E-state index contributed by atoms with van der Waals surface area (Å²) >= 11 is 0. The van der Waals surface area contributed by atoms with Gasteiger partial charge in [-0.05, 0) is 44.2 Å². The van der Waals surface area contributed by atoms with E-state index in [1.54, 1.807) is 12.1 Å². The van der Waals surface area contributed by atoms with E-state index >= 15 is 0 Å². The van der Waals surface area contributed by atoms with Gasteiger partial charge in [-0.15, -0.1) is 12.4 Å². The van der Waals surface area contributed by atoms with E-state index in [4.69, 9.17) is 4.52 Å². The third-order valence-electron chi connectivity index (χ3n) is 3.54. The first-order valence-electron chi connectivity index (χ1n) is 7.91. The van der Waals surface area contributed by atoms with Crippen LogP contribution in [0, 0.1) is 5.92 Å². The van der Waals surface area contributed by atoms with Crippen LogP contribution in [0.1, 0.15) is 26.6 Å². The van der Waals surface area contributed by atoms with Gasteiger partial charge in [-0.25, -0.2) is 13.1 Å². The molecular formula is C16H25ClN4O3S. The van der Waals surface area contributed by atoms with E-state index in [-0.39, 0.29) is 29.3 Å². The molecule has 1 aromatic heterocycles. The molecule has 140 valence electrons. The number of nitrogens with one attached hydrogen (secondary N) is 2. The normalized spacial score (nSPS) is 12.8. The number of benzene rings is 1. The number of hydrogen-bond donors (Lipinski definition) is 2. The SMILES string of the molecule is CNC(C)Cc1noc(-c2ccc(S(=O)(=O)NCC(C)C)cc2)n1.Cl. The summed E-state index contributed by atoms with van der Waals surface area (Å²) in [6, 6.07) is 6.66. The van der Waals surface area contributed by atoms with Crippen molar-refractivity contribution in [3.63, 3.8) is 0 Å². The molecule has 0 aliphatic carbocycles. The van der Waals surface area contributed by atoms with Crippen molar-refractivity contribution >= 4 is 22.4 Å². The average Bonchev–Trinajstić information content (AvgIpc) is 3.01. The number of nitrogens with zero attached hydrogens (tertiary/aromatic N) is 2. The predicted octanol–water partition coefficient (Wildman–Crippen LogP) is 2.24. The lowest BCUT2D eigenvalue weighted by Crippen LogP contribution is -2.27. The number of rotatable bonds is 8. The number of likely N-dealkylation sites (N-methyl/N-ethyl adjacent to an activating group) is 1. The molecule has 0 aliphatic heterocycles. The zero-order valence-corrected chi connectivity index (χ0v) is 16.4. The Kier molecular flexibility index (Phi) is 8.01. The monoisotopic (exact) mass is 388 g/mol. The van der Waals surface area contributed by atoms with E-state index in [9.17, 15) is 8.42 Å². The molecule has 1 heterocycles.